The molecule has 0 saturated carbocycles. The maximum atomic E-state index is 9.46. The molecule has 0 unspecified atom stereocenters. The molecule has 4 nitrogen and oxygen atoms in total. The number of ether oxygens (including phenoxy) is 1. The highest BCUT2D eigenvalue weighted by Gasteiger charge is 2.02. The summed E-state index contributed by atoms with van der Waals surface area (Å²) >= 11 is 0. The van der Waals surface area contributed by atoms with Gasteiger partial charge in [0, 0.05) is 24.2 Å². The predicted molar refractivity (Wildman–Crippen MR) is 69.4 cm³/mol. The number of nitrogens with zero attached hydrogens (tertiary/aromatic N) is 1. The third-order valence-electron chi connectivity index (χ3n) is 2.61. The Morgan fingerprint density at radius 3 is 2.72 bits per heavy atom. The van der Waals surface area contributed by atoms with Gasteiger partial charge in [0.1, 0.15) is 11.5 Å². The second-order valence-corrected chi connectivity index (χ2v) is 3.92. The summed E-state index contributed by atoms with van der Waals surface area (Å²) in [6.07, 6.45) is 2.11. The minimum Gasteiger partial charge on any atom is -0.506 e. The smallest absolute Gasteiger partial charge is 0.138 e. The number of rotatable bonds is 5. The van der Waals surface area contributed by atoms with Crippen LogP contribution < -0.4 is 10.5 Å². The number of pyridine rings is 1. The molecule has 0 amide bonds. The standard InChI is InChI=1S/C14H16N2O2/c15-9-11-8-12(16-10-14(11)17)6-7-18-13-4-2-1-3-5-13/h1-5,8,10,17H,6-7,9,15H2. The number of hydrogen-bond donors (Lipinski definition) is 2. The Balaban J connectivity index is 1.91. The Morgan fingerprint density at radius 1 is 1.22 bits per heavy atom. The lowest BCUT2D eigenvalue weighted by molar-refractivity contribution is 0.320. The Hall–Kier alpha value is -2.07. The van der Waals surface area contributed by atoms with Gasteiger partial charge in [-0.05, 0) is 18.2 Å². The minimum absolute atomic E-state index is 0.144. The second kappa shape index (κ2) is 6.02. The van der Waals surface area contributed by atoms with E-state index < -0.39 is 0 Å². The van der Waals surface area contributed by atoms with Crippen LogP contribution in [0.25, 0.3) is 0 Å². The fourth-order valence-corrected chi connectivity index (χ4v) is 1.63. The molecule has 0 aliphatic carbocycles. The molecule has 2 aromatic rings. The van der Waals surface area contributed by atoms with E-state index in [2.05, 4.69) is 4.98 Å². The van der Waals surface area contributed by atoms with Crippen LogP contribution in [0.2, 0.25) is 0 Å². The van der Waals surface area contributed by atoms with Crippen molar-refractivity contribution >= 4 is 0 Å². The van der Waals surface area contributed by atoms with Gasteiger partial charge in [0.2, 0.25) is 0 Å². The molecule has 4 heteroatoms. The first kappa shape index (κ1) is 12.4. The lowest BCUT2D eigenvalue weighted by atomic mass is 10.2. The third kappa shape index (κ3) is 3.21. The lowest BCUT2D eigenvalue weighted by Gasteiger charge is -2.07. The highest BCUT2D eigenvalue weighted by atomic mass is 16.5. The van der Waals surface area contributed by atoms with Crippen LogP contribution >= 0.6 is 0 Å². The number of hydrogen-bond acceptors (Lipinski definition) is 4. The van der Waals surface area contributed by atoms with E-state index in [4.69, 9.17) is 10.5 Å². The molecule has 2 rings (SSSR count). The molecule has 0 atom stereocenters. The summed E-state index contributed by atoms with van der Waals surface area (Å²) < 4.78 is 5.58. The molecular weight excluding hydrogens is 228 g/mol. The third-order valence-corrected chi connectivity index (χ3v) is 2.61. The van der Waals surface area contributed by atoms with Crippen LogP contribution in [0.4, 0.5) is 0 Å². The van der Waals surface area contributed by atoms with Crippen molar-refractivity contribution in [2.75, 3.05) is 6.61 Å². The molecule has 94 valence electrons. The van der Waals surface area contributed by atoms with Crippen LogP contribution in [0.15, 0.2) is 42.6 Å². The van der Waals surface area contributed by atoms with Crippen molar-refractivity contribution in [1.29, 1.82) is 0 Å². The Labute approximate surface area is 106 Å². The zero-order valence-corrected chi connectivity index (χ0v) is 10.0. The van der Waals surface area contributed by atoms with Gasteiger partial charge in [0.15, 0.2) is 0 Å². The number of para-hydroxylation sites is 1. The Kier molecular flexibility index (Phi) is 4.15. The zero-order chi connectivity index (χ0) is 12.8. The van der Waals surface area contributed by atoms with Gasteiger partial charge in [-0.15, -0.1) is 0 Å². The first-order chi connectivity index (χ1) is 8.79. The van der Waals surface area contributed by atoms with Crippen molar-refractivity contribution in [3.8, 4) is 11.5 Å². The summed E-state index contributed by atoms with van der Waals surface area (Å²) in [5, 5.41) is 9.46. The molecule has 0 aliphatic rings. The zero-order valence-electron chi connectivity index (χ0n) is 10.0. The lowest BCUT2D eigenvalue weighted by Crippen LogP contribution is -2.05. The summed E-state index contributed by atoms with van der Waals surface area (Å²) in [5.41, 5.74) is 7.09. The molecule has 0 aliphatic heterocycles. The van der Waals surface area contributed by atoms with E-state index in [1.54, 1.807) is 0 Å². The molecule has 18 heavy (non-hydrogen) atoms. The van der Waals surface area contributed by atoms with E-state index in [0.29, 0.717) is 25.1 Å². The fourth-order valence-electron chi connectivity index (χ4n) is 1.63. The van der Waals surface area contributed by atoms with Crippen LogP contribution in [0, 0.1) is 0 Å². The number of benzene rings is 1. The summed E-state index contributed by atoms with van der Waals surface area (Å²) in [5.74, 6) is 0.987. The molecule has 0 spiro atoms. The van der Waals surface area contributed by atoms with Crippen LogP contribution in [0.5, 0.6) is 11.5 Å². The van der Waals surface area contributed by atoms with Gasteiger partial charge in [-0.2, -0.15) is 0 Å². The molecule has 0 bridgehead atoms. The first-order valence-electron chi connectivity index (χ1n) is 5.84. The summed E-state index contributed by atoms with van der Waals surface area (Å²) in [6.45, 7) is 0.854. The monoisotopic (exact) mass is 244 g/mol. The van der Waals surface area contributed by atoms with Gasteiger partial charge in [0.05, 0.1) is 12.8 Å². The molecule has 1 aromatic heterocycles. The topological polar surface area (TPSA) is 68.4 Å². The Morgan fingerprint density at radius 2 is 2.00 bits per heavy atom. The summed E-state index contributed by atoms with van der Waals surface area (Å²) in [7, 11) is 0. The largest absolute Gasteiger partial charge is 0.506 e. The van der Waals surface area contributed by atoms with E-state index >= 15 is 0 Å². The molecule has 0 radical (unpaired) electrons. The average Bonchev–Trinajstić information content (AvgIpc) is 2.42. The average molecular weight is 244 g/mol. The maximum Gasteiger partial charge on any atom is 0.138 e. The highest BCUT2D eigenvalue weighted by molar-refractivity contribution is 5.31. The van der Waals surface area contributed by atoms with Crippen LogP contribution in [-0.2, 0) is 13.0 Å². The van der Waals surface area contributed by atoms with E-state index in [-0.39, 0.29) is 5.75 Å². The summed E-state index contributed by atoms with van der Waals surface area (Å²) in [4.78, 5) is 4.13. The van der Waals surface area contributed by atoms with Gasteiger partial charge in [0.25, 0.3) is 0 Å². The second-order valence-electron chi connectivity index (χ2n) is 3.92. The predicted octanol–water partition coefficient (Wildman–Crippen LogP) is 1.87. The fraction of sp³-hybridized carbons (Fsp3) is 0.214. The molecular formula is C14H16N2O2. The SMILES string of the molecule is NCc1cc(CCOc2ccccc2)ncc1O. The van der Waals surface area contributed by atoms with E-state index in [1.165, 1.54) is 6.20 Å². The van der Waals surface area contributed by atoms with Crippen molar-refractivity contribution in [1.82, 2.24) is 4.98 Å². The molecule has 1 heterocycles. The minimum atomic E-state index is 0.144. The van der Waals surface area contributed by atoms with Gasteiger partial charge >= 0.3 is 0 Å². The molecule has 1 aromatic carbocycles. The number of nitrogens with two attached hydrogens (primary N) is 1. The number of aromatic hydroxyl groups is 1. The van der Waals surface area contributed by atoms with Gasteiger partial charge in [-0.3, -0.25) is 4.98 Å². The van der Waals surface area contributed by atoms with Crippen LogP contribution in [-0.4, -0.2) is 16.7 Å². The van der Waals surface area contributed by atoms with Crippen molar-refractivity contribution in [2.45, 2.75) is 13.0 Å². The van der Waals surface area contributed by atoms with Gasteiger partial charge in [-0.25, -0.2) is 0 Å². The number of aromatic nitrogens is 1. The molecule has 3 N–H and O–H groups in total. The van der Waals surface area contributed by atoms with E-state index in [0.717, 1.165) is 11.4 Å². The molecule has 0 saturated heterocycles. The summed E-state index contributed by atoms with van der Waals surface area (Å²) in [6, 6.07) is 11.4. The highest BCUT2D eigenvalue weighted by Crippen LogP contribution is 2.16. The van der Waals surface area contributed by atoms with E-state index in [9.17, 15) is 5.11 Å². The van der Waals surface area contributed by atoms with Gasteiger partial charge in [-0.1, -0.05) is 18.2 Å². The normalized spacial score (nSPS) is 10.3. The van der Waals surface area contributed by atoms with E-state index in [1.807, 2.05) is 36.4 Å². The first-order valence-corrected chi connectivity index (χ1v) is 5.84. The van der Waals surface area contributed by atoms with Crippen LogP contribution in [0.3, 0.4) is 0 Å². The van der Waals surface area contributed by atoms with Crippen LogP contribution in [0.1, 0.15) is 11.3 Å². The Bertz CT molecular complexity index is 500. The van der Waals surface area contributed by atoms with Crippen molar-refractivity contribution < 1.29 is 9.84 Å². The maximum absolute atomic E-state index is 9.46. The van der Waals surface area contributed by atoms with Crippen molar-refractivity contribution in [3.05, 3.63) is 53.9 Å². The van der Waals surface area contributed by atoms with Gasteiger partial charge < -0.3 is 15.6 Å². The van der Waals surface area contributed by atoms with Crippen molar-refractivity contribution in [2.24, 2.45) is 5.73 Å². The van der Waals surface area contributed by atoms with Crippen molar-refractivity contribution in [3.63, 3.8) is 0 Å². The quantitative estimate of drug-likeness (QED) is 0.842. The molecule has 0 fully saturated rings.